The van der Waals surface area contributed by atoms with E-state index in [4.69, 9.17) is 0 Å². The highest BCUT2D eigenvalue weighted by molar-refractivity contribution is 5.88. The van der Waals surface area contributed by atoms with Crippen LogP contribution in [-0.4, -0.2) is 20.9 Å². The topological polar surface area (TPSA) is 47.8 Å². The number of hydrogen-bond acceptors (Lipinski definition) is 3. The van der Waals surface area contributed by atoms with Crippen molar-refractivity contribution in [2.75, 3.05) is 0 Å². The second-order valence-electron chi connectivity index (χ2n) is 9.13. The number of aromatic nitrogens is 3. The standard InChI is InChI=1S/C28H45N3O/c1-2-3-4-5-6-7-8-9-10-11-12-13-14-15-16-17-18-19-20-25-28(32)31-27-24-22-21-23-26(27)29-30-31/h13-14,21-24H,2-12,15-20,25H2,1H3/b14-13+. The van der Waals surface area contributed by atoms with Gasteiger partial charge < -0.3 is 0 Å². The Labute approximate surface area is 195 Å². The quantitative estimate of drug-likeness (QED) is 0.162. The molecule has 0 aliphatic heterocycles. The van der Waals surface area contributed by atoms with Crippen LogP contribution in [0.3, 0.4) is 0 Å². The second kappa shape index (κ2) is 17.6. The molecule has 4 heteroatoms. The Kier molecular flexibility index (Phi) is 14.4. The molecule has 0 saturated heterocycles. The van der Waals surface area contributed by atoms with Crippen LogP contribution in [0.1, 0.15) is 127 Å². The Morgan fingerprint density at radius 2 is 1.28 bits per heavy atom. The van der Waals surface area contributed by atoms with E-state index in [1.54, 1.807) is 0 Å². The highest BCUT2D eigenvalue weighted by atomic mass is 16.2. The van der Waals surface area contributed by atoms with Crippen molar-refractivity contribution >= 4 is 16.9 Å². The molecule has 0 aliphatic rings. The van der Waals surface area contributed by atoms with Crippen molar-refractivity contribution in [3.05, 3.63) is 36.4 Å². The molecule has 0 radical (unpaired) electrons. The number of para-hydroxylation sites is 1. The molecular weight excluding hydrogens is 394 g/mol. The maximum atomic E-state index is 12.4. The minimum atomic E-state index is 0.0496. The summed E-state index contributed by atoms with van der Waals surface area (Å²) in [6, 6.07) is 7.62. The van der Waals surface area contributed by atoms with Crippen LogP contribution in [0, 0.1) is 0 Å². The highest BCUT2D eigenvalue weighted by Gasteiger charge is 2.10. The summed E-state index contributed by atoms with van der Waals surface area (Å²) in [6.45, 7) is 2.28. The second-order valence-corrected chi connectivity index (χ2v) is 9.13. The first-order chi connectivity index (χ1) is 15.8. The third kappa shape index (κ3) is 11.1. The van der Waals surface area contributed by atoms with E-state index in [0.717, 1.165) is 23.9 Å². The Morgan fingerprint density at radius 1 is 0.750 bits per heavy atom. The van der Waals surface area contributed by atoms with Crippen LogP contribution in [-0.2, 0) is 0 Å². The van der Waals surface area contributed by atoms with Gasteiger partial charge in [-0.1, -0.05) is 113 Å². The molecule has 2 rings (SSSR count). The molecule has 0 aliphatic carbocycles. The Morgan fingerprint density at radius 3 is 1.91 bits per heavy atom. The number of fused-ring (bicyclic) bond motifs is 1. The van der Waals surface area contributed by atoms with Crippen LogP contribution in [0.25, 0.3) is 11.0 Å². The fraction of sp³-hybridized carbons (Fsp3) is 0.679. The maximum absolute atomic E-state index is 12.4. The lowest BCUT2D eigenvalue weighted by molar-refractivity contribution is 0.0886. The third-order valence-corrected chi connectivity index (χ3v) is 6.24. The van der Waals surface area contributed by atoms with Crippen molar-refractivity contribution < 1.29 is 4.79 Å². The average molecular weight is 440 g/mol. The summed E-state index contributed by atoms with van der Waals surface area (Å²) in [4.78, 5) is 12.4. The number of benzene rings is 1. The van der Waals surface area contributed by atoms with Gasteiger partial charge in [-0.05, 0) is 44.2 Å². The molecule has 0 N–H and O–H groups in total. The number of allylic oxidation sites excluding steroid dienone is 2. The van der Waals surface area contributed by atoms with Gasteiger partial charge in [0.2, 0.25) is 5.91 Å². The molecule has 2 aromatic rings. The molecule has 4 nitrogen and oxygen atoms in total. The summed E-state index contributed by atoms with van der Waals surface area (Å²) < 4.78 is 1.45. The number of nitrogens with zero attached hydrogens (tertiary/aromatic N) is 3. The molecule has 0 amide bonds. The van der Waals surface area contributed by atoms with Gasteiger partial charge >= 0.3 is 0 Å². The smallest absolute Gasteiger partial charge is 0.248 e. The molecule has 178 valence electrons. The zero-order valence-corrected chi connectivity index (χ0v) is 20.4. The van der Waals surface area contributed by atoms with Crippen molar-refractivity contribution in [2.24, 2.45) is 0 Å². The molecule has 32 heavy (non-hydrogen) atoms. The van der Waals surface area contributed by atoms with Crippen LogP contribution in [0.4, 0.5) is 0 Å². The van der Waals surface area contributed by atoms with E-state index in [2.05, 4.69) is 29.4 Å². The number of hydrogen-bond donors (Lipinski definition) is 0. The van der Waals surface area contributed by atoms with Crippen molar-refractivity contribution in [1.82, 2.24) is 15.0 Å². The summed E-state index contributed by atoms with van der Waals surface area (Å²) in [5.41, 5.74) is 1.59. The molecule has 0 spiro atoms. The molecule has 0 saturated carbocycles. The van der Waals surface area contributed by atoms with E-state index >= 15 is 0 Å². The minimum Gasteiger partial charge on any atom is -0.273 e. The summed E-state index contributed by atoms with van der Waals surface area (Å²) in [6.07, 6.45) is 27.6. The normalized spacial score (nSPS) is 11.7. The van der Waals surface area contributed by atoms with Crippen molar-refractivity contribution in [2.45, 2.75) is 122 Å². The van der Waals surface area contributed by atoms with Crippen LogP contribution in [0.15, 0.2) is 36.4 Å². The lowest BCUT2D eigenvalue weighted by atomic mass is 10.1. The molecular formula is C28H45N3O. The van der Waals surface area contributed by atoms with Gasteiger partial charge in [0.1, 0.15) is 5.52 Å². The molecule has 1 aromatic carbocycles. The largest absolute Gasteiger partial charge is 0.273 e. The first-order valence-corrected chi connectivity index (χ1v) is 13.3. The first-order valence-electron chi connectivity index (χ1n) is 13.3. The zero-order valence-electron chi connectivity index (χ0n) is 20.4. The summed E-state index contributed by atoms with van der Waals surface area (Å²) in [5, 5.41) is 8.06. The van der Waals surface area contributed by atoms with Gasteiger partial charge in [0.15, 0.2) is 0 Å². The van der Waals surface area contributed by atoms with Gasteiger partial charge in [0, 0.05) is 6.42 Å². The predicted octanol–water partition coefficient (Wildman–Crippen LogP) is 8.67. The highest BCUT2D eigenvalue weighted by Crippen LogP contribution is 2.14. The first kappa shape index (κ1) is 26.3. The monoisotopic (exact) mass is 439 g/mol. The van der Waals surface area contributed by atoms with E-state index in [0.29, 0.717) is 6.42 Å². The molecule has 0 atom stereocenters. The van der Waals surface area contributed by atoms with Crippen molar-refractivity contribution in [1.29, 1.82) is 0 Å². The molecule has 0 fully saturated rings. The van der Waals surface area contributed by atoms with E-state index < -0.39 is 0 Å². The van der Waals surface area contributed by atoms with Crippen LogP contribution in [0.5, 0.6) is 0 Å². The van der Waals surface area contributed by atoms with Gasteiger partial charge in [0.05, 0.1) is 5.52 Å². The Balaban J connectivity index is 1.35. The van der Waals surface area contributed by atoms with E-state index in [9.17, 15) is 4.79 Å². The Bertz CT molecular complexity index is 765. The number of unbranched alkanes of at least 4 members (excludes halogenated alkanes) is 15. The van der Waals surface area contributed by atoms with E-state index in [-0.39, 0.29) is 5.91 Å². The summed E-state index contributed by atoms with van der Waals surface area (Å²) >= 11 is 0. The number of carbonyl (C=O) groups excluding carboxylic acids is 1. The fourth-order valence-electron chi connectivity index (χ4n) is 4.21. The molecule has 0 bridgehead atoms. The third-order valence-electron chi connectivity index (χ3n) is 6.24. The van der Waals surface area contributed by atoms with Crippen molar-refractivity contribution in [3.63, 3.8) is 0 Å². The maximum Gasteiger partial charge on any atom is 0.248 e. The van der Waals surface area contributed by atoms with Gasteiger partial charge in [-0.3, -0.25) is 4.79 Å². The average Bonchev–Trinajstić information content (AvgIpc) is 3.25. The van der Waals surface area contributed by atoms with Gasteiger partial charge in [-0.25, -0.2) is 0 Å². The number of rotatable bonds is 19. The summed E-state index contributed by atoms with van der Waals surface area (Å²) in [5.74, 6) is 0.0496. The molecule has 1 aromatic heterocycles. The van der Waals surface area contributed by atoms with Crippen LogP contribution < -0.4 is 0 Å². The van der Waals surface area contributed by atoms with E-state index in [1.165, 1.54) is 101 Å². The van der Waals surface area contributed by atoms with Crippen molar-refractivity contribution in [3.8, 4) is 0 Å². The molecule has 0 unspecified atom stereocenters. The van der Waals surface area contributed by atoms with Crippen LogP contribution >= 0.6 is 0 Å². The van der Waals surface area contributed by atoms with Gasteiger partial charge in [0.25, 0.3) is 0 Å². The van der Waals surface area contributed by atoms with Gasteiger partial charge in [-0.2, -0.15) is 4.68 Å². The lowest BCUT2D eigenvalue weighted by Crippen LogP contribution is -2.12. The van der Waals surface area contributed by atoms with Crippen LogP contribution in [0.2, 0.25) is 0 Å². The fourth-order valence-corrected chi connectivity index (χ4v) is 4.21. The minimum absolute atomic E-state index is 0.0496. The SMILES string of the molecule is CCCCCCCCCCCC/C=C/CCCCCCCC(=O)n1nnc2ccccc21. The van der Waals surface area contributed by atoms with Gasteiger partial charge in [-0.15, -0.1) is 5.10 Å². The number of carbonyl (C=O) groups is 1. The van der Waals surface area contributed by atoms with E-state index in [1.807, 2.05) is 24.3 Å². The lowest BCUT2D eigenvalue weighted by Gasteiger charge is -2.02. The molecule has 1 heterocycles. The Hall–Kier alpha value is -1.97. The summed E-state index contributed by atoms with van der Waals surface area (Å²) in [7, 11) is 0. The zero-order chi connectivity index (χ0) is 22.7. The predicted molar refractivity (Wildman–Crippen MR) is 136 cm³/mol.